The zero-order valence-electron chi connectivity index (χ0n) is 10.5. The third-order valence-electron chi connectivity index (χ3n) is 3.70. The van der Waals surface area contributed by atoms with Gasteiger partial charge in [-0.05, 0) is 18.1 Å². The van der Waals surface area contributed by atoms with E-state index in [0.29, 0.717) is 0 Å². The zero-order chi connectivity index (χ0) is 12.8. The van der Waals surface area contributed by atoms with Gasteiger partial charge >= 0.3 is 0 Å². The van der Waals surface area contributed by atoms with Crippen LogP contribution in [0.25, 0.3) is 0 Å². The largest absolute Gasteiger partial charge is 0.497 e. The van der Waals surface area contributed by atoms with E-state index in [0.717, 1.165) is 23.4 Å². The lowest BCUT2D eigenvalue weighted by Crippen LogP contribution is -2.36. The second-order valence-corrected chi connectivity index (χ2v) is 4.66. The molecule has 1 amide bonds. The molecule has 0 atom stereocenters. The summed E-state index contributed by atoms with van der Waals surface area (Å²) in [5.41, 5.74) is 1.35. The van der Waals surface area contributed by atoms with Crippen molar-refractivity contribution in [1.82, 2.24) is 0 Å². The molecule has 2 aliphatic rings. The lowest BCUT2D eigenvalue weighted by Gasteiger charge is -2.22. The van der Waals surface area contributed by atoms with E-state index in [1.54, 1.807) is 12.0 Å². The van der Waals surface area contributed by atoms with Crippen LogP contribution in [-0.4, -0.2) is 20.1 Å². The third kappa shape index (κ3) is 1.27. The van der Waals surface area contributed by atoms with Gasteiger partial charge in [0.05, 0.1) is 12.8 Å². The van der Waals surface area contributed by atoms with Crippen LogP contribution < -0.4 is 9.64 Å². The average Bonchev–Trinajstić information content (AvgIpc) is 2.63. The minimum atomic E-state index is -0.603. The van der Waals surface area contributed by atoms with Crippen LogP contribution in [-0.2, 0) is 10.2 Å². The molecule has 1 aliphatic carbocycles. The van der Waals surface area contributed by atoms with E-state index in [9.17, 15) is 4.79 Å². The molecule has 0 saturated heterocycles. The predicted molar refractivity (Wildman–Crippen MR) is 71.0 cm³/mol. The average molecular weight is 241 g/mol. The number of amides is 1. The molecule has 1 aliphatic heterocycles. The van der Waals surface area contributed by atoms with Crippen LogP contribution in [0.2, 0.25) is 0 Å². The maximum atomic E-state index is 12.5. The maximum Gasteiger partial charge on any atom is 0.245 e. The zero-order valence-corrected chi connectivity index (χ0v) is 10.5. The summed E-state index contributed by atoms with van der Waals surface area (Å²) in [5.74, 6) is 0.868. The van der Waals surface area contributed by atoms with Crippen molar-refractivity contribution in [2.45, 2.75) is 11.8 Å². The molecule has 18 heavy (non-hydrogen) atoms. The Kier molecular flexibility index (Phi) is 2.30. The van der Waals surface area contributed by atoms with Crippen molar-refractivity contribution < 1.29 is 9.53 Å². The molecule has 1 aromatic carbocycles. The van der Waals surface area contributed by atoms with E-state index in [4.69, 9.17) is 4.74 Å². The Hall–Kier alpha value is -2.03. The number of fused-ring (bicyclic) bond motifs is 2. The monoisotopic (exact) mass is 241 g/mol. The molecular formula is C15H15NO2. The second-order valence-electron chi connectivity index (χ2n) is 4.66. The highest BCUT2D eigenvalue weighted by Crippen LogP contribution is 2.45. The van der Waals surface area contributed by atoms with Gasteiger partial charge in [-0.3, -0.25) is 4.79 Å². The number of benzene rings is 1. The van der Waals surface area contributed by atoms with Crippen molar-refractivity contribution in [3.63, 3.8) is 0 Å². The summed E-state index contributed by atoms with van der Waals surface area (Å²) >= 11 is 0. The smallest absolute Gasteiger partial charge is 0.245 e. The van der Waals surface area contributed by atoms with Gasteiger partial charge < -0.3 is 9.64 Å². The van der Waals surface area contributed by atoms with Gasteiger partial charge in [-0.2, -0.15) is 0 Å². The Balaban J connectivity index is 2.22. The molecule has 0 bridgehead atoms. The van der Waals surface area contributed by atoms with Crippen LogP contribution >= 0.6 is 0 Å². The Bertz CT molecular complexity index is 560. The summed E-state index contributed by atoms with van der Waals surface area (Å²) in [4.78, 5) is 14.2. The van der Waals surface area contributed by atoms with Crippen LogP contribution in [0.15, 0.2) is 42.5 Å². The number of allylic oxidation sites excluding steroid dienone is 2. The quantitative estimate of drug-likeness (QED) is 0.707. The minimum absolute atomic E-state index is 0.0953. The maximum absolute atomic E-state index is 12.5. The molecular weight excluding hydrogens is 226 g/mol. The van der Waals surface area contributed by atoms with Crippen molar-refractivity contribution in [3.8, 4) is 5.75 Å². The first kappa shape index (κ1) is 11.1. The highest BCUT2D eigenvalue weighted by Gasteiger charge is 2.46. The normalized spacial score (nSPS) is 19.4. The van der Waals surface area contributed by atoms with E-state index in [1.165, 1.54) is 0 Å². The van der Waals surface area contributed by atoms with E-state index in [-0.39, 0.29) is 5.91 Å². The van der Waals surface area contributed by atoms with Crippen LogP contribution in [0.3, 0.4) is 0 Å². The van der Waals surface area contributed by atoms with E-state index < -0.39 is 5.41 Å². The molecule has 3 heteroatoms. The lowest BCUT2D eigenvalue weighted by atomic mass is 9.78. The summed E-state index contributed by atoms with van der Waals surface area (Å²) in [5, 5.41) is 0. The topological polar surface area (TPSA) is 29.5 Å². The summed E-state index contributed by atoms with van der Waals surface area (Å²) in [7, 11) is 3.44. The molecule has 0 N–H and O–H groups in total. The van der Waals surface area contributed by atoms with E-state index in [1.807, 2.05) is 49.6 Å². The van der Waals surface area contributed by atoms with Crippen LogP contribution in [0, 0.1) is 0 Å². The Morgan fingerprint density at radius 3 is 2.67 bits per heavy atom. The molecule has 0 radical (unpaired) electrons. The van der Waals surface area contributed by atoms with Crippen molar-refractivity contribution in [2.75, 3.05) is 19.1 Å². The van der Waals surface area contributed by atoms with Crippen LogP contribution in [0.4, 0.5) is 5.69 Å². The van der Waals surface area contributed by atoms with E-state index >= 15 is 0 Å². The van der Waals surface area contributed by atoms with Crippen molar-refractivity contribution >= 4 is 11.6 Å². The van der Waals surface area contributed by atoms with Gasteiger partial charge in [-0.15, -0.1) is 0 Å². The number of likely N-dealkylation sites (N-methyl/N-ethyl adjacent to an activating group) is 1. The highest BCUT2D eigenvalue weighted by atomic mass is 16.5. The number of carbonyl (C=O) groups is 1. The van der Waals surface area contributed by atoms with Gasteiger partial charge in [-0.25, -0.2) is 0 Å². The van der Waals surface area contributed by atoms with Crippen molar-refractivity contribution in [3.05, 3.63) is 48.1 Å². The van der Waals surface area contributed by atoms with Crippen molar-refractivity contribution in [1.29, 1.82) is 0 Å². The predicted octanol–water partition coefficient (Wildman–Crippen LogP) is 2.43. The first-order valence-electron chi connectivity index (χ1n) is 6.01. The second kappa shape index (κ2) is 3.73. The first-order valence-corrected chi connectivity index (χ1v) is 6.01. The molecule has 1 heterocycles. The van der Waals surface area contributed by atoms with Crippen molar-refractivity contribution in [2.24, 2.45) is 0 Å². The number of rotatable bonds is 1. The van der Waals surface area contributed by atoms with Gasteiger partial charge in [0.25, 0.3) is 0 Å². The Morgan fingerprint density at radius 2 is 2.00 bits per heavy atom. The number of anilines is 1. The molecule has 0 aromatic heterocycles. The molecule has 3 nitrogen and oxygen atoms in total. The molecule has 1 spiro atoms. The molecule has 92 valence electrons. The number of carbonyl (C=O) groups excluding carboxylic acids is 1. The van der Waals surface area contributed by atoms with Crippen LogP contribution in [0.5, 0.6) is 5.75 Å². The fourth-order valence-electron chi connectivity index (χ4n) is 2.73. The van der Waals surface area contributed by atoms with Gasteiger partial charge in [-0.1, -0.05) is 30.4 Å². The van der Waals surface area contributed by atoms with E-state index in [2.05, 4.69) is 0 Å². The summed E-state index contributed by atoms with van der Waals surface area (Å²) in [6, 6.07) is 5.80. The fraction of sp³-hybridized carbons (Fsp3) is 0.267. The number of ether oxygens (including phenoxy) is 1. The summed E-state index contributed by atoms with van der Waals surface area (Å²) in [6.07, 6.45) is 8.99. The standard InChI is InChI=1S/C15H15NO2/c1-16-13-10-11(18-2)6-7-12(13)15(14(16)17)8-4-3-5-9-15/h4-10H,3H2,1-2H3. The summed E-state index contributed by atoms with van der Waals surface area (Å²) < 4.78 is 5.22. The fourth-order valence-corrected chi connectivity index (χ4v) is 2.73. The van der Waals surface area contributed by atoms with Gasteiger partial charge in [0.2, 0.25) is 5.91 Å². The SMILES string of the molecule is COc1ccc2c(c1)N(C)C(=O)C21C=CCC=C1. The molecule has 0 unspecified atom stereocenters. The first-order chi connectivity index (χ1) is 8.69. The molecule has 1 aromatic rings. The van der Waals surface area contributed by atoms with Gasteiger partial charge in [0.1, 0.15) is 11.2 Å². The number of nitrogens with zero attached hydrogens (tertiary/aromatic N) is 1. The third-order valence-corrected chi connectivity index (χ3v) is 3.70. The summed E-state index contributed by atoms with van der Waals surface area (Å²) in [6.45, 7) is 0. The molecule has 0 saturated carbocycles. The van der Waals surface area contributed by atoms with Crippen LogP contribution in [0.1, 0.15) is 12.0 Å². The number of hydrogen-bond acceptors (Lipinski definition) is 2. The minimum Gasteiger partial charge on any atom is -0.497 e. The molecule has 3 rings (SSSR count). The Labute approximate surface area is 106 Å². The number of hydrogen-bond donors (Lipinski definition) is 0. The van der Waals surface area contributed by atoms with Gasteiger partial charge in [0, 0.05) is 13.1 Å². The Morgan fingerprint density at radius 1 is 1.28 bits per heavy atom. The number of methoxy groups -OCH3 is 1. The highest BCUT2D eigenvalue weighted by molar-refractivity contribution is 6.11. The molecule has 0 fully saturated rings. The lowest BCUT2D eigenvalue weighted by molar-refractivity contribution is -0.120. The van der Waals surface area contributed by atoms with Gasteiger partial charge in [0.15, 0.2) is 0 Å².